The molecule has 0 aliphatic rings. The minimum Gasteiger partial charge on any atom is -0.497 e. The van der Waals surface area contributed by atoms with Gasteiger partial charge in [-0.3, -0.25) is 0 Å². The van der Waals surface area contributed by atoms with Crippen LogP contribution in [0.15, 0.2) is 48.5 Å². The van der Waals surface area contributed by atoms with Gasteiger partial charge in [0.25, 0.3) is 0 Å². The highest BCUT2D eigenvalue weighted by molar-refractivity contribution is 6.74. The summed E-state index contributed by atoms with van der Waals surface area (Å²) in [5.74, 6) is 2.77. The second-order valence-corrected chi connectivity index (χ2v) is 28.4. The highest BCUT2D eigenvalue weighted by atomic mass is 28.4. The fourth-order valence-corrected chi connectivity index (χ4v) is 9.36. The van der Waals surface area contributed by atoms with Crippen LogP contribution in [0.25, 0.3) is 0 Å². The maximum atomic E-state index is 7.29. The van der Waals surface area contributed by atoms with Crippen LogP contribution in [0.2, 0.25) is 36.3 Å². The Balaban J connectivity index is 2.21. The van der Waals surface area contributed by atoms with Gasteiger partial charge in [0, 0.05) is 24.9 Å². The molecule has 2 rings (SSSR count). The van der Waals surface area contributed by atoms with E-state index in [0.717, 1.165) is 35.7 Å². The molecule has 304 valence electrons. The van der Waals surface area contributed by atoms with Gasteiger partial charge in [0.15, 0.2) is 16.6 Å². The summed E-state index contributed by atoms with van der Waals surface area (Å²) in [5.41, 5.74) is 2.29. The van der Waals surface area contributed by atoms with E-state index in [2.05, 4.69) is 139 Å². The van der Waals surface area contributed by atoms with Crippen molar-refractivity contribution in [3.63, 3.8) is 0 Å². The first-order valence-electron chi connectivity index (χ1n) is 19.9. The Morgan fingerprint density at radius 3 is 1.40 bits per heavy atom. The fourth-order valence-electron chi connectivity index (χ4n) is 6.38. The monoisotopic (exact) mass is 774 g/mol. The summed E-state index contributed by atoms with van der Waals surface area (Å²) in [4.78, 5) is 2.50. The van der Waals surface area contributed by atoms with E-state index in [1.54, 1.807) is 14.2 Å². The van der Waals surface area contributed by atoms with Crippen LogP contribution >= 0.6 is 0 Å². The van der Waals surface area contributed by atoms with Gasteiger partial charge < -0.3 is 32.7 Å². The predicted octanol–water partition coefficient (Wildman–Crippen LogP) is 11.1. The quantitative estimate of drug-likeness (QED) is 0.110. The standard InChI is InChI=1S/C44H79NO6Si2/c1-32(41(50-52(15,16)43(6,7)8)34(3)29-48-30-37-19-23-39(46-13)24-20-37)27-45(12)28-33(2)42(51-53(17,18)44(9,10)11)35(4)36(5)49-31-38-21-25-40(47-14)26-22-38/h19-26,32-36,41-42H,27-31H2,1-18H3. The Morgan fingerprint density at radius 1 is 0.585 bits per heavy atom. The van der Waals surface area contributed by atoms with Crippen molar-refractivity contribution in [3.05, 3.63) is 59.7 Å². The number of methoxy groups -OCH3 is 2. The predicted molar refractivity (Wildman–Crippen MR) is 228 cm³/mol. The zero-order chi connectivity index (χ0) is 40.4. The molecule has 0 aromatic heterocycles. The van der Waals surface area contributed by atoms with Crippen molar-refractivity contribution in [1.82, 2.24) is 4.90 Å². The molecule has 0 spiro atoms. The summed E-state index contributed by atoms with van der Waals surface area (Å²) < 4.78 is 38.0. The first-order valence-corrected chi connectivity index (χ1v) is 25.7. The lowest BCUT2D eigenvalue weighted by Crippen LogP contribution is -2.51. The number of ether oxygens (including phenoxy) is 4. The molecular weight excluding hydrogens is 695 g/mol. The molecule has 0 N–H and O–H groups in total. The maximum absolute atomic E-state index is 7.29. The molecule has 0 fully saturated rings. The molecule has 2 aromatic carbocycles. The van der Waals surface area contributed by atoms with E-state index in [-0.39, 0.29) is 40.2 Å². The third kappa shape index (κ3) is 14.7. The summed E-state index contributed by atoms with van der Waals surface area (Å²) in [6, 6.07) is 16.3. The van der Waals surface area contributed by atoms with Gasteiger partial charge in [0.2, 0.25) is 0 Å². The van der Waals surface area contributed by atoms with Crippen LogP contribution in [0.5, 0.6) is 11.5 Å². The van der Waals surface area contributed by atoms with Crippen molar-refractivity contribution < 1.29 is 27.8 Å². The Morgan fingerprint density at radius 2 is 0.981 bits per heavy atom. The SMILES string of the molecule is COc1ccc(COCC(C)C(O[Si](C)(C)C(C)(C)C)C(C)CN(C)CC(C)C(O[Si](C)(C)C(C)(C)C)C(C)C(C)OCc2ccc(OC)cc2)cc1. The summed E-state index contributed by atoms with van der Waals surface area (Å²) >= 11 is 0. The largest absolute Gasteiger partial charge is 0.497 e. The molecule has 9 heteroatoms. The molecule has 0 bridgehead atoms. The topological polar surface area (TPSA) is 58.6 Å². The van der Waals surface area contributed by atoms with Gasteiger partial charge in [-0.25, -0.2) is 0 Å². The van der Waals surface area contributed by atoms with Crippen molar-refractivity contribution in [2.24, 2.45) is 23.7 Å². The number of rotatable bonds is 22. The Labute approximate surface area is 328 Å². The minimum absolute atomic E-state index is 0.0275. The highest BCUT2D eigenvalue weighted by Crippen LogP contribution is 2.41. The van der Waals surface area contributed by atoms with E-state index >= 15 is 0 Å². The smallest absolute Gasteiger partial charge is 0.192 e. The first-order chi connectivity index (χ1) is 24.4. The van der Waals surface area contributed by atoms with Crippen LogP contribution in [0.1, 0.15) is 87.3 Å². The maximum Gasteiger partial charge on any atom is 0.192 e. The summed E-state index contributed by atoms with van der Waals surface area (Å²) in [6.07, 6.45) is 0.165. The molecule has 0 amide bonds. The molecule has 0 heterocycles. The van der Waals surface area contributed by atoms with E-state index in [1.807, 2.05) is 24.3 Å². The zero-order valence-electron chi connectivity index (χ0n) is 37.1. The van der Waals surface area contributed by atoms with Gasteiger partial charge in [0.1, 0.15) is 11.5 Å². The second-order valence-electron chi connectivity index (χ2n) is 18.9. The Bertz CT molecular complexity index is 1320. The van der Waals surface area contributed by atoms with E-state index in [0.29, 0.717) is 31.7 Å². The lowest BCUT2D eigenvalue weighted by Gasteiger charge is -2.45. The molecule has 7 nitrogen and oxygen atoms in total. The van der Waals surface area contributed by atoms with Crippen LogP contribution in [0.3, 0.4) is 0 Å². The number of nitrogens with zero attached hydrogens (tertiary/aromatic N) is 1. The van der Waals surface area contributed by atoms with Gasteiger partial charge in [-0.1, -0.05) is 93.5 Å². The molecule has 7 atom stereocenters. The summed E-state index contributed by atoms with van der Waals surface area (Å²) in [6.45, 7) is 38.6. The van der Waals surface area contributed by atoms with Crippen LogP contribution in [0.4, 0.5) is 0 Å². The van der Waals surface area contributed by atoms with Gasteiger partial charge in [0.05, 0.1) is 52.4 Å². The van der Waals surface area contributed by atoms with Crippen molar-refractivity contribution in [1.29, 1.82) is 0 Å². The van der Waals surface area contributed by atoms with Gasteiger partial charge in [-0.15, -0.1) is 0 Å². The zero-order valence-corrected chi connectivity index (χ0v) is 39.1. The molecule has 7 unspecified atom stereocenters. The highest BCUT2D eigenvalue weighted by Gasteiger charge is 2.44. The number of hydrogen-bond acceptors (Lipinski definition) is 7. The van der Waals surface area contributed by atoms with Crippen LogP contribution < -0.4 is 9.47 Å². The molecule has 0 aliphatic heterocycles. The van der Waals surface area contributed by atoms with E-state index in [1.165, 1.54) is 0 Å². The van der Waals surface area contributed by atoms with E-state index < -0.39 is 16.6 Å². The normalized spacial score (nSPS) is 17.2. The van der Waals surface area contributed by atoms with Crippen LogP contribution in [0, 0.1) is 23.7 Å². The first kappa shape index (κ1) is 47.4. The van der Waals surface area contributed by atoms with Gasteiger partial charge in [-0.2, -0.15) is 0 Å². The Hall–Kier alpha value is -1.73. The molecule has 2 aromatic rings. The van der Waals surface area contributed by atoms with Crippen molar-refractivity contribution in [3.8, 4) is 11.5 Å². The van der Waals surface area contributed by atoms with E-state index in [4.69, 9.17) is 27.8 Å². The molecular formula is C44H79NO6Si2. The van der Waals surface area contributed by atoms with E-state index in [9.17, 15) is 0 Å². The molecule has 0 saturated heterocycles. The van der Waals surface area contributed by atoms with Crippen LogP contribution in [-0.2, 0) is 31.5 Å². The Kier molecular flexibility index (Phi) is 18.3. The van der Waals surface area contributed by atoms with Crippen molar-refractivity contribution in [2.45, 2.75) is 144 Å². The fraction of sp³-hybridized carbons (Fsp3) is 0.727. The van der Waals surface area contributed by atoms with Crippen molar-refractivity contribution in [2.75, 3.05) is 41.0 Å². The third-order valence-corrected chi connectivity index (χ3v) is 21.0. The van der Waals surface area contributed by atoms with Crippen molar-refractivity contribution >= 4 is 16.6 Å². The van der Waals surface area contributed by atoms with Crippen LogP contribution in [-0.4, -0.2) is 80.8 Å². The second kappa shape index (κ2) is 20.4. The number of hydrogen-bond donors (Lipinski definition) is 0. The molecule has 53 heavy (non-hydrogen) atoms. The summed E-state index contributed by atoms with van der Waals surface area (Å²) in [7, 11) is 1.55. The summed E-state index contributed by atoms with van der Waals surface area (Å²) in [5, 5.41) is 0.226. The minimum atomic E-state index is -2.06. The lowest BCUT2D eigenvalue weighted by atomic mass is 9.89. The van der Waals surface area contributed by atoms with Gasteiger partial charge in [-0.05, 0) is 97.5 Å². The molecule has 0 radical (unpaired) electrons. The average Bonchev–Trinajstić information content (AvgIpc) is 3.07. The average molecular weight is 774 g/mol. The third-order valence-electron chi connectivity index (χ3n) is 12.1. The number of benzene rings is 2. The van der Waals surface area contributed by atoms with Gasteiger partial charge >= 0.3 is 0 Å². The molecule has 0 aliphatic carbocycles. The lowest BCUT2D eigenvalue weighted by molar-refractivity contribution is -0.0441. The molecule has 0 saturated carbocycles.